The Morgan fingerprint density at radius 3 is 2.58 bits per heavy atom. The number of nitro benzene ring substituents is 1. The van der Waals surface area contributed by atoms with E-state index < -0.39 is 31.1 Å². The van der Waals surface area contributed by atoms with Gasteiger partial charge in [-0.1, -0.05) is 11.6 Å². The van der Waals surface area contributed by atoms with Gasteiger partial charge in [0.25, 0.3) is 5.69 Å². The molecule has 1 fully saturated rings. The summed E-state index contributed by atoms with van der Waals surface area (Å²) in [5, 5.41) is 20.1. The summed E-state index contributed by atoms with van der Waals surface area (Å²) in [7, 11) is -4.07. The van der Waals surface area contributed by atoms with E-state index in [1.54, 1.807) is 0 Å². The van der Waals surface area contributed by atoms with Crippen LogP contribution in [0.25, 0.3) is 0 Å². The second-order valence-corrected chi connectivity index (χ2v) is 6.50. The summed E-state index contributed by atoms with van der Waals surface area (Å²) in [5.74, 6) is 0. The van der Waals surface area contributed by atoms with E-state index in [-0.39, 0.29) is 11.6 Å². The Bertz CT molecular complexity index is 627. The van der Waals surface area contributed by atoms with E-state index in [9.17, 15) is 18.5 Å². The molecular weight excluding hydrogens is 296 g/mol. The van der Waals surface area contributed by atoms with Gasteiger partial charge < -0.3 is 5.11 Å². The number of hydrogen-bond donors (Lipinski definition) is 2. The van der Waals surface area contributed by atoms with E-state index in [1.165, 1.54) is 6.07 Å². The lowest BCUT2D eigenvalue weighted by Gasteiger charge is -2.14. The summed E-state index contributed by atoms with van der Waals surface area (Å²) in [6, 6.07) is 3.33. The van der Waals surface area contributed by atoms with Crippen molar-refractivity contribution >= 4 is 27.3 Å². The highest BCUT2D eigenvalue weighted by atomic mass is 35.5. The molecule has 104 valence electrons. The minimum atomic E-state index is -4.07. The van der Waals surface area contributed by atoms with Gasteiger partial charge in [-0.3, -0.25) is 10.1 Å². The molecule has 0 aromatic heterocycles. The van der Waals surface area contributed by atoms with Crippen LogP contribution < -0.4 is 4.72 Å². The molecule has 1 aliphatic rings. The average molecular weight is 307 g/mol. The Balaban J connectivity index is 2.43. The molecule has 1 saturated carbocycles. The standard InChI is InChI=1S/C10H11ClN2O5S/c11-7-1-2-9(8(5-7)13(15)16)19(17,18)12-10(6-14)3-4-10/h1-2,5,12,14H,3-4,6H2. The van der Waals surface area contributed by atoms with Gasteiger partial charge in [-0.05, 0) is 25.0 Å². The normalized spacial score (nSPS) is 17.2. The number of halogens is 1. The SMILES string of the molecule is O=[N+]([O-])c1cc(Cl)ccc1S(=O)(=O)NC1(CO)CC1. The molecule has 0 heterocycles. The van der Waals surface area contributed by atoms with Crippen LogP contribution in [0.2, 0.25) is 5.02 Å². The molecule has 0 unspecified atom stereocenters. The van der Waals surface area contributed by atoms with Crippen LogP contribution in [0.3, 0.4) is 0 Å². The maximum atomic E-state index is 12.1. The highest BCUT2D eigenvalue weighted by Crippen LogP contribution is 2.37. The van der Waals surface area contributed by atoms with Crippen molar-refractivity contribution in [3.8, 4) is 0 Å². The van der Waals surface area contributed by atoms with E-state index in [1.807, 2.05) is 0 Å². The fraction of sp³-hybridized carbons (Fsp3) is 0.400. The molecule has 1 aromatic rings. The summed E-state index contributed by atoms with van der Waals surface area (Å²) in [6.07, 6.45) is 1.01. The fourth-order valence-electron chi connectivity index (χ4n) is 1.64. The number of nitrogens with zero attached hydrogens (tertiary/aromatic N) is 1. The van der Waals surface area contributed by atoms with Gasteiger partial charge in [0.05, 0.1) is 17.1 Å². The largest absolute Gasteiger partial charge is 0.394 e. The third kappa shape index (κ3) is 2.86. The summed E-state index contributed by atoms with van der Waals surface area (Å²) < 4.78 is 26.5. The van der Waals surface area contributed by atoms with E-state index in [0.717, 1.165) is 12.1 Å². The first-order valence-electron chi connectivity index (χ1n) is 5.38. The Labute approximate surface area is 114 Å². The van der Waals surface area contributed by atoms with Gasteiger partial charge in [0, 0.05) is 11.1 Å². The first kappa shape index (κ1) is 14.2. The highest BCUT2D eigenvalue weighted by molar-refractivity contribution is 7.89. The number of benzene rings is 1. The van der Waals surface area contributed by atoms with Crippen molar-refractivity contribution in [1.29, 1.82) is 0 Å². The van der Waals surface area contributed by atoms with E-state index in [4.69, 9.17) is 16.7 Å². The minimum Gasteiger partial charge on any atom is -0.394 e. The topological polar surface area (TPSA) is 110 Å². The zero-order chi connectivity index (χ0) is 14.3. The molecule has 19 heavy (non-hydrogen) atoms. The molecular formula is C10H11ClN2O5S. The second kappa shape index (κ2) is 4.71. The van der Waals surface area contributed by atoms with Crippen molar-refractivity contribution < 1.29 is 18.4 Å². The zero-order valence-corrected chi connectivity index (χ0v) is 11.2. The molecule has 0 radical (unpaired) electrons. The Morgan fingerprint density at radius 1 is 1.47 bits per heavy atom. The first-order chi connectivity index (χ1) is 8.80. The maximum Gasteiger partial charge on any atom is 0.290 e. The Hall–Kier alpha value is -1.22. The number of rotatable bonds is 5. The van der Waals surface area contributed by atoms with Gasteiger partial charge in [0.1, 0.15) is 0 Å². The molecule has 2 N–H and O–H groups in total. The van der Waals surface area contributed by atoms with Crippen LogP contribution in [0.4, 0.5) is 5.69 Å². The molecule has 1 aromatic carbocycles. The van der Waals surface area contributed by atoms with Gasteiger partial charge in [-0.25, -0.2) is 13.1 Å². The van der Waals surface area contributed by atoms with E-state index in [2.05, 4.69) is 4.72 Å². The molecule has 0 saturated heterocycles. The third-order valence-electron chi connectivity index (χ3n) is 2.91. The summed E-state index contributed by atoms with van der Waals surface area (Å²) in [6.45, 7) is -0.340. The number of nitrogens with one attached hydrogen (secondary N) is 1. The fourth-order valence-corrected chi connectivity index (χ4v) is 3.41. The summed E-state index contributed by atoms with van der Waals surface area (Å²) >= 11 is 5.62. The van der Waals surface area contributed by atoms with Crippen LogP contribution in [-0.4, -0.2) is 30.6 Å². The van der Waals surface area contributed by atoms with Gasteiger partial charge in [-0.15, -0.1) is 0 Å². The van der Waals surface area contributed by atoms with Crippen LogP contribution in [0, 0.1) is 10.1 Å². The Morgan fingerprint density at radius 2 is 2.11 bits per heavy atom. The molecule has 0 spiro atoms. The van der Waals surface area contributed by atoms with Crippen LogP contribution in [-0.2, 0) is 10.0 Å². The van der Waals surface area contributed by atoms with Crippen molar-refractivity contribution in [1.82, 2.24) is 4.72 Å². The maximum absolute atomic E-state index is 12.1. The van der Waals surface area contributed by atoms with Gasteiger partial charge in [-0.2, -0.15) is 0 Å². The molecule has 1 aliphatic carbocycles. The average Bonchev–Trinajstić information content (AvgIpc) is 3.08. The number of nitro groups is 1. The molecule has 0 amide bonds. The second-order valence-electron chi connectivity index (χ2n) is 4.41. The van der Waals surface area contributed by atoms with Gasteiger partial charge >= 0.3 is 0 Å². The summed E-state index contributed by atoms with van der Waals surface area (Å²) in [4.78, 5) is 9.61. The van der Waals surface area contributed by atoms with Crippen LogP contribution in [0.1, 0.15) is 12.8 Å². The quantitative estimate of drug-likeness (QED) is 0.624. The summed E-state index contributed by atoms with van der Waals surface area (Å²) in [5.41, 5.74) is -1.47. The number of aliphatic hydroxyl groups excluding tert-OH is 1. The lowest BCUT2D eigenvalue weighted by molar-refractivity contribution is -0.387. The van der Waals surface area contributed by atoms with Crippen molar-refractivity contribution in [3.63, 3.8) is 0 Å². The minimum absolute atomic E-state index is 0.0777. The number of hydrogen-bond acceptors (Lipinski definition) is 5. The molecule has 2 rings (SSSR count). The van der Waals surface area contributed by atoms with Crippen molar-refractivity contribution in [3.05, 3.63) is 33.3 Å². The van der Waals surface area contributed by atoms with Crippen molar-refractivity contribution in [2.45, 2.75) is 23.3 Å². The molecule has 9 heteroatoms. The van der Waals surface area contributed by atoms with Crippen LogP contribution >= 0.6 is 11.6 Å². The Kier molecular flexibility index (Phi) is 3.52. The lowest BCUT2D eigenvalue weighted by Crippen LogP contribution is -2.39. The molecule has 0 bridgehead atoms. The van der Waals surface area contributed by atoms with Crippen molar-refractivity contribution in [2.24, 2.45) is 0 Å². The number of sulfonamides is 1. The molecule has 0 atom stereocenters. The highest BCUT2D eigenvalue weighted by Gasteiger charge is 2.46. The number of aliphatic hydroxyl groups is 1. The monoisotopic (exact) mass is 306 g/mol. The van der Waals surface area contributed by atoms with Crippen LogP contribution in [0.5, 0.6) is 0 Å². The third-order valence-corrected chi connectivity index (χ3v) is 4.78. The van der Waals surface area contributed by atoms with Crippen LogP contribution in [0.15, 0.2) is 23.1 Å². The predicted molar refractivity (Wildman–Crippen MR) is 67.5 cm³/mol. The zero-order valence-electron chi connectivity index (χ0n) is 9.67. The lowest BCUT2D eigenvalue weighted by atomic mass is 10.3. The smallest absolute Gasteiger partial charge is 0.290 e. The van der Waals surface area contributed by atoms with E-state index >= 15 is 0 Å². The molecule has 7 nitrogen and oxygen atoms in total. The van der Waals surface area contributed by atoms with Gasteiger partial charge in [0.15, 0.2) is 4.90 Å². The molecule has 0 aliphatic heterocycles. The van der Waals surface area contributed by atoms with Crippen molar-refractivity contribution in [2.75, 3.05) is 6.61 Å². The van der Waals surface area contributed by atoms with E-state index in [0.29, 0.717) is 12.8 Å². The van der Waals surface area contributed by atoms with Gasteiger partial charge in [0.2, 0.25) is 10.0 Å². The first-order valence-corrected chi connectivity index (χ1v) is 7.25. The predicted octanol–water partition coefficient (Wildman–Crippen LogP) is 1.05.